The fourth-order valence-corrected chi connectivity index (χ4v) is 4.75. The van der Waals surface area contributed by atoms with E-state index in [1.807, 2.05) is 17.0 Å². The monoisotopic (exact) mass is 445 g/mol. The van der Waals surface area contributed by atoms with Crippen molar-refractivity contribution in [2.45, 2.75) is 17.7 Å². The summed E-state index contributed by atoms with van der Waals surface area (Å²) < 4.78 is 37.7. The Morgan fingerprint density at radius 2 is 1.87 bits per heavy atom. The van der Waals surface area contributed by atoms with Crippen LogP contribution in [0.4, 0.5) is 11.4 Å². The molecule has 2 heterocycles. The number of nitrogens with one attached hydrogen (secondary N) is 1. The van der Waals surface area contributed by atoms with Crippen LogP contribution in [0.5, 0.6) is 5.75 Å². The van der Waals surface area contributed by atoms with Gasteiger partial charge < -0.3 is 19.7 Å². The summed E-state index contributed by atoms with van der Waals surface area (Å²) in [6.07, 6.45) is 1.84. The molecule has 8 nitrogen and oxygen atoms in total. The molecule has 31 heavy (non-hydrogen) atoms. The average Bonchev–Trinajstić information content (AvgIpc) is 2.79. The van der Waals surface area contributed by atoms with Crippen molar-refractivity contribution in [1.82, 2.24) is 4.31 Å². The van der Waals surface area contributed by atoms with Crippen molar-refractivity contribution < 1.29 is 22.7 Å². The first-order chi connectivity index (χ1) is 14.9. The van der Waals surface area contributed by atoms with E-state index in [1.54, 1.807) is 18.2 Å². The lowest BCUT2D eigenvalue weighted by Crippen LogP contribution is -2.37. The number of amides is 1. The Kier molecular flexibility index (Phi) is 6.17. The standard InChI is InChI=1S/C22H27N3O5S/c1-24(2)31(27,28)17-8-9-20(25-10-13-29-14-11-25)18(15-17)22(26)23-19-7-3-5-16-6-4-12-30-21(16)19/h3,5,7-9,15H,4,6,10-14H2,1-2H3,(H,23,26). The molecule has 0 aromatic heterocycles. The van der Waals surface area contributed by atoms with E-state index < -0.39 is 10.0 Å². The van der Waals surface area contributed by atoms with Gasteiger partial charge in [-0.3, -0.25) is 4.79 Å². The van der Waals surface area contributed by atoms with Gasteiger partial charge in [-0.1, -0.05) is 12.1 Å². The van der Waals surface area contributed by atoms with Crippen LogP contribution in [0, 0.1) is 0 Å². The van der Waals surface area contributed by atoms with Gasteiger partial charge in [0.25, 0.3) is 5.91 Å². The zero-order valence-electron chi connectivity index (χ0n) is 17.8. The van der Waals surface area contributed by atoms with Crippen LogP contribution in [0.2, 0.25) is 0 Å². The minimum absolute atomic E-state index is 0.0750. The number of anilines is 2. The number of para-hydroxylation sites is 1. The number of hydrogen-bond donors (Lipinski definition) is 1. The summed E-state index contributed by atoms with van der Waals surface area (Å²) in [6, 6.07) is 10.4. The molecule has 1 N–H and O–H groups in total. The Morgan fingerprint density at radius 1 is 1.10 bits per heavy atom. The maximum absolute atomic E-state index is 13.4. The van der Waals surface area contributed by atoms with E-state index in [2.05, 4.69) is 5.32 Å². The second kappa shape index (κ2) is 8.86. The molecule has 166 valence electrons. The van der Waals surface area contributed by atoms with Gasteiger partial charge in [0, 0.05) is 32.9 Å². The average molecular weight is 446 g/mol. The van der Waals surface area contributed by atoms with Gasteiger partial charge in [0.15, 0.2) is 0 Å². The summed E-state index contributed by atoms with van der Waals surface area (Å²) in [4.78, 5) is 15.5. The first kappa shape index (κ1) is 21.6. The number of benzene rings is 2. The van der Waals surface area contributed by atoms with Crippen molar-refractivity contribution in [3.63, 3.8) is 0 Å². The quantitative estimate of drug-likeness (QED) is 0.760. The van der Waals surface area contributed by atoms with Gasteiger partial charge >= 0.3 is 0 Å². The maximum atomic E-state index is 13.4. The Hall–Kier alpha value is -2.62. The molecule has 0 saturated carbocycles. The van der Waals surface area contributed by atoms with Crippen molar-refractivity contribution in [1.29, 1.82) is 0 Å². The minimum atomic E-state index is -3.68. The summed E-state index contributed by atoms with van der Waals surface area (Å²) in [5, 5.41) is 2.94. The van der Waals surface area contributed by atoms with Crippen LogP contribution in [0.3, 0.4) is 0 Å². The fraction of sp³-hybridized carbons (Fsp3) is 0.409. The molecule has 2 aromatic rings. The van der Waals surface area contributed by atoms with Crippen LogP contribution in [0.15, 0.2) is 41.3 Å². The fourth-order valence-electron chi connectivity index (χ4n) is 3.83. The molecule has 2 aliphatic heterocycles. The van der Waals surface area contributed by atoms with E-state index >= 15 is 0 Å². The molecule has 0 radical (unpaired) electrons. The molecular formula is C22H27N3O5S. The molecule has 0 unspecified atom stereocenters. The Bertz CT molecular complexity index is 1080. The van der Waals surface area contributed by atoms with Crippen molar-refractivity contribution in [3.05, 3.63) is 47.5 Å². The second-order valence-corrected chi connectivity index (χ2v) is 9.92. The number of nitrogens with zero attached hydrogens (tertiary/aromatic N) is 2. The van der Waals surface area contributed by atoms with Gasteiger partial charge in [-0.05, 0) is 42.7 Å². The van der Waals surface area contributed by atoms with Crippen LogP contribution in [-0.2, 0) is 21.2 Å². The highest BCUT2D eigenvalue weighted by Gasteiger charge is 2.25. The van der Waals surface area contributed by atoms with Crippen molar-refractivity contribution >= 4 is 27.3 Å². The number of fused-ring (bicyclic) bond motifs is 1. The predicted octanol–water partition coefficient (Wildman–Crippen LogP) is 2.35. The summed E-state index contributed by atoms with van der Waals surface area (Å²) >= 11 is 0. The van der Waals surface area contributed by atoms with E-state index in [1.165, 1.54) is 20.2 Å². The van der Waals surface area contributed by atoms with Gasteiger partial charge in [-0.25, -0.2) is 12.7 Å². The van der Waals surface area contributed by atoms with Crippen molar-refractivity contribution in [3.8, 4) is 5.75 Å². The van der Waals surface area contributed by atoms with E-state index in [4.69, 9.17) is 9.47 Å². The van der Waals surface area contributed by atoms with Crippen LogP contribution in [-0.4, -0.2) is 65.6 Å². The van der Waals surface area contributed by atoms with E-state index in [9.17, 15) is 13.2 Å². The molecule has 2 aliphatic rings. The number of hydrogen-bond acceptors (Lipinski definition) is 6. The summed E-state index contributed by atoms with van der Waals surface area (Å²) in [5.74, 6) is 0.312. The molecule has 2 aromatic carbocycles. The molecule has 1 saturated heterocycles. The van der Waals surface area contributed by atoms with Crippen molar-refractivity contribution in [2.24, 2.45) is 0 Å². The van der Waals surface area contributed by atoms with Crippen molar-refractivity contribution in [2.75, 3.05) is 57.2 Å². The zero-order valence-corrected chi connectivity index (χ0v) is 18.6. The molecule has 1 fully saturated rings. The number of sulfonamides is 1. The zero-order chi connectivity index (χ0) is 22.0. The molecule has 0 atom stereocenters. The number of morpholine rings is 1. The summed E-state index contributed by atoms with van der Waals surface area (Å²) in [6.45, 7) is 2.97. The molecule has 1 amide bonds. The summed E-state index contributed by atoms with van der Waals surface area (Å²) in [5.41, 5.74) is 2.64. The highest BCUT2D eigenvalue weighted by Crippen LogP contribution is 2.34. The third kappa shape index (κ3) is 4.39. The highest BCUT2D eigenvalue weighted by atomic mass is 32.2. The largest absolute Gasteiger partial charge is 0.491 e. The van der Waals surface area contributed by atoms with Crippen LogP contribution >= 0.6 is 0 Å². The van der Waals surface area contributed by atoms with Gasteiger partial charge in [-0.15, -0.1) is 0 Å². The Morgan fingerprint density at radius 3 is 2.61 bits per heavy atom. The third-order valence-corrected chi connectivity index (χ3v) is 7.34. The lowest BCUT2D eigenvalue weighted by molar-refractivity contribution is 0.102. The molecular weight excluding hydrogens is 418 g/mol. The number of carbonyl (C=O) groups is 1. The lowest BCUT2D eigenvalue weighted by Gasteiger charge is -2.30. The van der Waals surface area contributed by atoms with Crippen LogP contribution < -0.4 is 15.0 Å². The van der Waals surface area contributed by atoms with Gasteiger partial charge in [0.2, 0.25) is 10.0 Å². The number of aryl methyl sites for hydroxylation is 1. The molecule has 0 spiro atoms. The molecule has 0 bridgehead atoms. The minimum Gasteiger partial charge on any atom is -0.491 e. The normalized spacial score (nSPS) is 16.5. The maximum Gasteiger partial charge on any atom is 0.257 e. The Balaban J connectivity index is 1.73. The van der Waals surface area contributed by atoms with Crippen LogP contribution in [0.1, 0.15) is 22.3 Å². The second-order valence-electron chi connectivity index (χ2n) is 7.77. The lowest BCUT2D eigenvalue weighted by atomic mass is 10.0. The smallest absolute Gasteiger partial charge is 0.257 e. The molecule has 0 aliphatic carbocycles. The number of carbonyl (C=O) groups excluding carboxylic acids is 1. The van der Waals surface area contributed by atoms with E-state index in [0.29, 0.717) is 55.6 Å². The number of rotatable bonds is 5. The van der Waals surface area contributed by atoms with E-state index in [-0.39, 0.29) is 10.8 Å². The first-order valence-corrected chi connectivity index (χ1v) is 11.8. The van der Waals surface area contributed by atoms with Gasteiger partial charge in [0.05, 0.1) is 36.0 Å². The summed E-state index contributed by atoms with van der Waals surface area (Å²) in [7, 11) is -0.741. The SMILES string of the molecule is CN(C)S(=O)(=O)c1ccc(N2CCOCC2)c(C(=O)Nc2cccc3c2OCCC3)c1. The van der Waals surface area contributed by atoms with Crippen LogP contribution in [0.25, 0.3) is 0 Å². The highest BCUT2D eigenvalue weighted by molar-refractivity contribution is 7.89. The topological polar surface area (TPSA) is 88.2 Å². The number of ether oxygens (including phenoxy) is 2. The Labute approximate surface area is 182 Å². The predicted molar refractivity (Wildman–Crippen MR) is 119 cm³/mol. The van der Waals surface area contributed by atoms with Gasteiger partial charge in [-0.2, -0.15) is 0 Å². The molecule has 4 rings (SSSR count). The molecule has 9 heteroatoms. The first-order valence-electron chi connectivity index (χ1n) is 10.3. The van der Waals surface area contributed by atoms with Gasteiger partial charge in [0.1, 0.15) is 5.75 Å². The van der Waals surface area contributed by atoms with E-state index in [0.717, 1.165) is 22.7 Å². The third-order valence-electron chi connectivity index (χ3n) is 5.52.